The number of rotatable bonds is 12. The molecule has 0 spiro atoms. The fraction of sp³-hybridized carbons (Fsp3) is 0.391. The Bertz CT molecular complexity index is 778. The molecule has 0 heterocycles. The van der Waals surface area contributed by atoms with Crippen molar-refractivity contribution in [3.05, 3.63) is 48.5 Å². The first-order valence-corrected chi connectivity index (χ1v) is 11.1. The average molecular weight is 415 g/mol. The molecule has 2 amide bonds. The van der Waals surface area contributed by atoms with Crippen LogP contribution in [0.15, 0.2) is 53.4 Å². The maximum absolute atomic E-state index is 12.2. The van der Waals surface area contributed by atoms with Crippen LogP contribution in [0.5, 0.6) is 5.75 Å². The van der Waals surface area contributed by atoms with E-state index in [-0.39, 0.29) is 11.8 Å². The highest BCUT2D eigenvalue weighted by molar-refractivity contribution is 8.00. The maximum Gasteiger partial charge on any atom is 0.234 e. The van der Waals surface area contributed by atoms with Crippen molar-refractivity contribution >= 4 is 35.0 Å². The van der Waals surface area contributed by atoms with E-state index in [4.69, 9.17) is 4.74 Å². The van der Waals surface area contributed by atoms with Gasteiger partial charge in [0.2, 0.25) is 11.8 Å². The summed E-state index contributed by atoms with van der Waals surface area (Å²) >= 11 is 1.44. The molecule has 0 atom stereocenters. The van der Waals surface area contributed by atoms with Crippen LogP contribution in [0.2, 0.25) is 0 Å². The largest absolute Gasteiger partial charge is 0.494 e. The van der Waals surface area contributed by atoms with Gasteiger partial charge in [0.15, 0.2) is 0 Å². The van der Waals surface area contributed by atoms with Gasteiger partial charge in [-0.25, -0.2) is 0 Å². The first kappa shape index (κ1) is 22.8. The quantitative estimate of drug-likeness (QED) is 0.344. The molecule has 5 nitrogen and oxygen atoms in total. The van der Waals surface area contributed by atoms with Gasteiger partial charge in [-0.2, -0.15) is 0 Å². The second kappa shape index (κ2) is 12.9. The highest BCUT2D eigenvalue weighted by Gasteiger charge is 2.06. The normalized spacial score (nSPS) is 10.4. The average Bonchev–Trinajstić information content (AvgIpc) is 2.72. The fourth-order valence-corrected chi connectivity index (χ4v) is 3.29. The van der Waals surface area contributed by atoms with Crippen molar-refractivity contribution in [2.75, 3.05) is 23.0 Å². The van der Waals surface area contributed by atoms with Crippen LogP contribution in [0.1, 0.15) is 46.0 Å². The molecular weight excluding hydrogens is 384 g/mol. The summed E-state index contributed by atoms with van der Waals surface area (Å²) in [4.78, 5) is 25.0. The van der Waals surface area contributed by atoms with Gasteiger partial charge in [0.25, 0.3) is 0 Å². The number of carbonyl (C=O) groups excluding carboxylic acids is 2. The van der Waals surface area contributed by atoms with E-state index >= 15 is 0 Å². The van der Waals surface area contributed by atoms with Crippen molar-refractivity contribution in [1.82, 2.24) is 0 Å². The summed E-state index contributed by atoms with van der Waals surface area (Å²) in [6.45, 7) is 4.89. The molecule has 0 saturated heterocycles. The molecule has 0 aliphatic rings. The van der Waals surface area contributed by atoms with Crippen molar-refractivity contribution in [3.8, 4) is 5.75 Å². The summed E-state index contributed by atoms with van der Waals surface area (Å²) in [5, 5.41) is 5.79. The molecule has 0 radical (unpaired) electrons. The van der Waals surface area contributed by atoms with E-state index in [1.807, 2.05) is 48.5 Å². The van der Waals surface area contributed by atoms with Gasteiger partial charge in [-0.3, -0.25) is 9.59 Å². The lowest BCUT2D eigenvalue weighted by Gasteiger charge is -2.09. The van der Waals surface area contributed by atoms with Crippen LogP contribution in [-0.4, -0.2) is 24.2 Å². The van der Waals surface area contributed by atoms with Crippen LogP contribution >= 0.6 is 11.8 Å². The van der Waals surface area contributed by atoms with E-state index in [0.29, 0.717) is 18.8 Å². The molecule has 2 N–H and O–H groups in total. The van der Waals surface area contributed by atoms with Gasteiger partial charge in [0.05, 0.1) is 12.4 Å². The lowest BCUT2D eigenvalue weighted by atomic mass is 10.2. The van der Waals surface area contributed by atoms with Crippen LogP contribution in [0.3, 0.4) is 0 Å². The Morgan fingerprint density at radius 1 is 0.897 bits per heavy atom. The molecule has 0 aliphatic carbocycles. The summed E-state index contributed by atoms with van der Waals surface area (Å²) in [6.07, 6.45) is 4.53. The molecule has 2 aromatic carbocycles. The molecule has 0 saturated carbocycles. The Morgan fingerprint density at radius 2 is 1.62 bits per heavy atom. The second-order valence-electron chi connectivity index (χ2n) is 6.74. The van der Waals surface area contributed by atoms with Gasteiger partial charge in [-0.15, -0.1) is 11.8 Å². The minimum Gasteiger partial charge on any atom is -0.494 e. The number of benzene rings is 2. The molecular formula is C23H30N2O3S. The summed E-state index contributed by atoms with van der Waals surface area (Å²) in [5.74, 6) is 1.05. The fourth-order valence-electron chi connectivity index (χ4n) is 2.54. The van der Waals surface area contributed by atoms with Gasteiger partial charge in [0, 0.05) is 22.7 Å². The molecule has 2 rings (SSSR count). The molecule has 2 aromatic rings. The Balaban J connectivity index is 1.78. The van der Waals surface area contributed by atoms with Crippen LogP contribution in [-0.2, 0) is 9.59 Å². The van der Waals surface area contributed by atoms with Gasteiger partial charge >= 0.3 is 0 Å². The van der Waals surface area contributed by atoms with E-state index < -0.39 is 0 Å². The zero-order valence-electron chi connectivity index (χ0n) is 17.2. The molecule has 156 valence electrons. The van der Waals surface area contributed by atoms with Crippen LogP contribution < -0.4 is 15.4 Å². The van der Waals surface area contributed by atoms with Gasteiger partial charge in [0.1, 0.15) is 5.75 Å². The molecule has 0 bridgehead atoms. The Kier molecular flexibility index (Phi) is 10.1. The van der Waals surface area contributed by atoms with E-state index in [1.165, 1.54) is 11.8 Å². The number of ether oxygens (including phenoxy) is 1. The van der Waals surface area contributed by atoms with Crippen molar-refractivity contribution in [2.45, 2.75) is 50.8 Å². The Morgan fingerprint density at radius 3 is 2.34 bits per heavy atom. The third-order valence-electron chi connectivity index (χ3n) is 4.15. The van der Waals surface area contributed by atoms with Crippen molar-refractivity contribution < 1.29 is 14.3 Å². The van der Waals surface area contributed by atoms with Crippen molar-refractivity contribution in [1.29, 1.82) is 0 Å². The summed E-state index contributed by atoms with van der Waals surface area (Å²) in [6, 6.07) is 15.0. The Hall–Kier alpha value is -2.47. The number of hydrogen-bond acceptors (Lipinski definition) is 4. The van der Waals surface area contributed by atoms with Crippen LogP contribution in [0.4, 0.5) is 11.4 Å². The second-order valence-corrected chi connectivity index (χ2v) is 7.79. The molecule has 0 unspecified atom stereocenters. The first-order chi connectivity index (χ1) is 14.1. The Labute approximate surface area is 177 Å². The third kappa shape index (κ3) is 9.05. The van der Waals surface area contributed by atoms with Gasteiger partial charge in [-0.05, 0) is 55.3 Å². The number of nitrogens with one attached hydrogen (secondary N) is 2. The van der Waals surface area contributed by atoms with E-state index in [0.717, 1.165) is 47.7 Å². The highest BCUT2D eigenvalue weighted by atomic mass is 32.2. The zero-order valence-corrected chi connectivity index (χ0v) is 18.0. The molecule has 0 aliphatic heterocycles. The molecule has 6 heteroatoms. The lowest BCUT2D eigenvalue weighted by molar-refractivity contribution is -0.116. The molecule has 0 aromatic heterocycles. The van der Waals surface area contributed by atoms with E-state index in [9.17, 15) is 9.59 Å². The first-order valence-electron chi connectivity index (χ1n) is 10.2. The molecule has 29 heavy (non-hydrogen) atoms. The van der Waals surface area contributed by atoms with Crippen molar-refractivity contribution in [3.63, 3.8) is 0 Å². The van der Waals surface area contributed by atoms with Gasteiger partial charge in [-0.1, -0.05) is 32.8 Å². The number of carbonyl (C=O) groups is 2. The third-order valence-corrected chi connectivity index (χ3v) is 5.14. The number of thioether (sulfide) groups is 1. The minimum atomic E-state index is -0.0768. The van der Waals surface area contributed by atoms with Crippen LogP contribution in [0, 0.1) is 0 Å². The maximum atomic E-state index is 12.2. The number of unbranched alkanes of at least 4 members (excludes halogenated alkanes) is 2. The number of hydrogen-bond donors (Lipinski definition) is 2. The zero-order chi connectivity index (χ0) is 20.9. The van der Waals surface area contributed by atoms with Crippen molar-refractivity contribution in [2.24, 2.45) is 0 Å². The SMILES string of the molecule is CCCCOc1ccc(NC(=O)CSc2cccc(NC(=O)CCCC)c2)cc1. The summed E-state index contributed by atoms with van der Waals surface area (Å²) < 4.78 is 5.63. The predicted molar refractivity (Wildman–Crippen MR) is 121 cm³/mol. The summed E-state index contributed by atoms with van der Waals surface area (Å²) in [5.41, 5.74) is 1.51. The number of amides is 2. The smallest absolute Gasteiger partial charge is 0.234 e. The highest BCUT2D eigenvalue weighted by Crippen LogP contribution is 2.22. The molecule has 0 fully saturated rings. The standard InChI is InChI=1S/C23H30N2O3S/c1-3-5-10-22(26)25-19-8-7-9-21(16-19)29-17-23(27)24-18-11-13-20(14-12-18)28-15-6-4-2/h7-9,11-14,16H,3-6,10,15,17H2,1-2H3,(H,24,27)(H,25,26). The predicted octanol–water partition coefficient (Wildman–Crippen LogP) is 5.73. The topological polar surface area (TPSA) is 67.4 Å². The monoisotopic (exact) mass is 414 g/mol. The van der Waals surface area contributed by atoms with E-state index in [1.54, 1.807) is 0 Å². The summed E-state index contributed by atoms with van der Waals surface area (Å²) in [7, 11) is 0. The lowest BCUT2D eigenvalue weighted by Crippen LogP contribution is -2.14. The van der Waals surface area contributed by atoms with E-state index in [2.05, 4.69) is 24.5 Å². The van der Waals surface area contributed by atoms with Gasteiger partial charge < -0.3 is 15.4 Å². The van der Waals surface area contributed by atoms with Crippen LogP contribution in [0.25, 0.3) is 0 Å². The minimum absolute atomic E-state index is 0.0221. The number of anilines is 2.